The molecule has 1 unspecified atom stereocenters. The Morgan fingerprint density at radius 3 is 2.30 bits per heavy atom. The molecule has 1 aromatic heterocycles. The Balaban J connectivity index is 0.000000853. The summed E-state index contributed by atoms with van der Waals surface area (Å²) in [7, 11) is -3.96. The first kappa shape index (κ1) is 50.6. The van der Waals surface area contributed by atoms with Gasteiger partial charge in [-0.15, -0.1) is 6.58 Å². The lowest BCUT2D eigenvalue weighted by atomic mass is 9.77. The zero-order valence-corrected chi connectivity index (χ0v) is 40.1. The third-order valence-corrected chi connectivity index (χ3v) is 17.8. The number of rotatable bonds is 10. The second kappa shape index (κ2) is 20.5. The summed E-state index contributed by atoms with van der Waals surface area (Å²) in [6.07, 6.45) is 8.54. The van der Waals surface area contributed by atoms with Crippen LogP contribution in [-0.2, 0) is 45.2 Å². The number of nitrogens with one attached hydrogen (secondary N) is 2. The molecule has 4 aliphatic carbocycles. The molecule has 7 atom stereocenters. The first-order valence-corrected chi connectivity index (χ1v) is 26.3. The van der Waals surface area contributed by atoms with Gasteiger partial charge in [0.1, 0.15) is 24.1 Å². The molecule has 4 heterocycles. The lowest BCUT2D eigenvalue weighted by Gasteiger charge is -2.34. The molecule has 0 spiro atoms. The van der Waals surface area contributed by atoms with Crippen LogP contribution in [0.1, 0.15) is 128 Å². The van der Waals surface area contributed by atoms with Crippen LogP contribution in [0.4, 0.5) is 13.2 Å². The van der Waals surface area contributed by atoms with E-state index in [1.165, 1.54) is 0 Å². The summed E-state index contributed by atoms with van der Waals surface area (Å²) in [5.41, 5.74) is 0.333. The van der Waals surface area contributed by atoms with Crippen LogP contribution in [0.15, 0.2) is 36.9 Å². The van der Waals surface area contributed by atoms with E-state index in [0.29, 0.717) is 31.1 Å². The molecule has 19 heteroatoms. The van der Waals surface area contributed by atoms with Gasteiger partial charge in [-0.1, -0.05) is 50.3 Å². The van der Waals surface area contributed by atoms with E-state index in [9.17, 15) is 36.0 Å². The first-order valence-electron chi connectivity index (χ1n) is 24.8. The zero-order chi connectivity index (χ0) is 49.3. The molecule has 7 aliphatic rings. The molecular formula is C50H65F3N4O11S. The number of fused-ring (bicyclic) bond motifs is 5. The molecule has 0 radical (unpaired) electrons. The van der Waals surface area contributed by atoms with Crippen LogP contribution in [0.3, 0.4) is 0 Å². The van der Waals surface area contributed by atoms with E-state index in [1.54, 1.807) is 17.9 Å². The van der Waals surface area contributed by atoms with Crippen LogP contribution in [0.5, 0.6) is 11.6 Å². The second-order valence-corrected chi connectivity index (χ2v) is 22.9. The van der Waals surface area contributed by atoms with Crippen LogP contribution in [0.25, 0.3) is 10.9 Å². The molecule has 1 aromatic carbocycles. The van der Waals surface area contributed by atoms with Crippen LogP contribution >= 0.6 is 0 Å². The second-order valence-electron chi connectivity index (χ2n) is 20.7. The normalized spacial score (nSPS) is 29.8. The van der Waals surface area contributed by atoms with E-state index in [1.807, 2.05) is 24.3 Å². The predicted molar refractivity (Wildman–Crippen MR) is 246 cm³/mol. The van der Waals surface area contributed by atoms with Gasteiger partial charge in [0.2, 0.25) is 27.7 Å². The Labute approximate surface area is 401 Å². The fourth-order valence-corrected chi connectivity index (χ4v) is 12.2. The molecule has 15 nitrogen and oxygen atoms in total. The van der Waals surface area contributed by atoms with Gasteiger partial charge in [0.25, 0.3) is 0 Å². The summed E-state index contributed by atoms with van der Waals surface area (Å²) >= 11 is 0. The number of hydrogen-bond acceptors (Lipinski definition) is 12. The Morgan fingerprint density at radius 2 is 1.65 bits per heavy atom. The average Bonchev–Trinajstić information content (AvgIpc) is 4.28. The number of carboxylic acids is 1. The molecule has 6 fully saturated rings. The number of piperidine rings is 1. The number of ether oxygens (including phenoxy) is 3. The van der Waals surface area contributed by atoms with Crippen molar-refractivity contribution >= 4 is 50.5 Å². The van der Waals surface area contributed by atoms with E-state index in [0.717, 1.165) is 112 Å². The number of aliphatic carboxylic acids is 1. The standard InChI is InChI=1S/C48H64N4O9S.C2HF3O2/c1-3-32-27-48(32,46(56)51-62(57,58)47(2)20-21-47)28-40(53)39-25-34-29-52(39)45(55)37(30-12-6-4-7-13-30)26-42(54)61-41-24-31(41)14-8-5-9-16-36-43(59-33-18-22-49-23-19-33)35-15-10-11-17-38(35)50-44(36)60-34;3-2(4,5)1(6)7/h3,10-11,15,17,30-34,37,39,41,49H,1,4-9,12-14,16,18-29H2,2H3,(H,51,56);(H,6,7)/t31-,32-,34-,37+,39+,41-,48?;/m1./s1. The van der Waals surface area contributed by atoms with Crippen LogP contribution < -0.4 is 19.5 Å². The molecule has 3 aliphatic heterocycles. The quantitative estimate of drug-likeness (QED) is 0.160. The van der Waals surface area contributed by atoms with Gasteiger partial charge in [-0.2, -0.15) is 13.2 Å². The number of esters is 1. The lowest BCUT2D eigenvalue weighted by molar-refractivity contribution is -0.192. The van der Waals surface area contributed by atoms with Gasteiger partial charge >= 0.3 is 18.1 Å². The van der Waals surface area contributed by atoms with Crippen LogP contribution in [0.2, 0.25) is 0 Å². The zero-order valence-electron chi connectivity index (χ0n) is 39.2. The molecule has 2 aromatic rings. The number of alkyl halides is 3. The third kappa shape index (κ3) is 11.6. The van der Waals surface area contributed by atoms with Crippen molar-refractivity contribution in [2.75, 3.05) is 19.6 Å². The molecule has 3 N–H and O–H groups in total. The fourth-order valence-electron chi connectivity index (χ4n) is 10.9. The van der Waals surface area contributed by atoms with Crippen molar-refractivity contribution in [2.24, 2.45) is 29.1 Å². The summed E-state index contributed by atoms with van der Waals surface area (Å²) in [6.45, 7) is 7.36. The number of nitrogens with zero attached hydrogens (tertiary/aromatic N) is 2. The number of hydrogen-bond donors (Lipinski definition) is 3. The van der Waals surface area contributed by atoms with E-state index in [4.69, 9.17) is 29.1 Å². The number of carboxylic acid groups (broad SMARTS) is 1. The van der Waals surface area contributed by atoms with Crippen molar-refractivity contribution in [2.45, 2.75) is 164 Å². The van der Waals surface area contributed by atoms with Gasteiger partial charge in [0.15, 0.2) is 5.78 Å². The highest BCUT2D eigenvalue weighted by molar-refractivity contribution is 7.91. The van der Waals surface area contributed by atoms with Crippen molar-refractivity contribution in [1.82, 2.24) is 19.9 Å². The van der Waals surface area contributed by atoms with Crippen molar-refractivity contribution in [3.8, 4) is 11.6 Å². The van der Waals surface area contributed by atoms with Crippen molar-refractivity contribution in [3.05, 3.63) is 42.5 Å². The Kier molecular flexibility index (Phi) is 15.0. The maximum Gasteiger partial charge on any atom is 0.490 e. The molecule has 69 heavy (non-hydrogen) atoms. The summed E-state index contributed by atoms with van der Waals surface area (Å²) in [4.78, 5) is 73.3. The topological polar surface area (TPSA) is 208 Å². The maximum absolute atomic E-state index is 15.2. The fraction of sp³-hybridized carbons (Fsp3) is 0.680. The number of allylic oxidation sites excluding steroid dienone is 1. The largest absolute Gasteiger partial charge is 0.490 e. The number of carbonyl (C=O) groups is 5. The number of aromatic nitrogens is 1. The number of pyridine rings is 1. The molecule has 2 saturated heterocycles. The Hall–Kier alpha value is -4.78. The molecular weight excluding hydrogens is 922 g/mol. The van der Waals surface area contributed by atoms with E-state index in [-0.39, 0.29) is 68.0 Å². The molecule has 9 rings (SSSR count). The smallest absolute Gasteiger partial charge is 0.489 e. The molecule has 378 valence electrons. The van der Waals surface area contributed by atoms with Crippen molar-refractivity contribution in [1.29, 1.82) is 0 Å². The number of benzene rings is 1. The first-order chi connectivity index (χ1) is 32.8. The predicted octanol–water partition coefficient (Wildman–Crippen LogP) is 7.13. The summed E-state index contributed by atoms with van der Waals surface area (Å²) in [5, 5.41) is 11.5. The average molecular weight is 987 g/mol. The van der Waals surface area contributed by atoms with Gasteiger partial charge in [0.05, 0.1) is 46.2 Å². The monoisotopic (exact) mass is 986 g/mol. The van der Waals surface area contributed by atoms with E-state index in [2.05, 4.69) is 16.6 Å². The lowest BCUT2D eigenvalue weighted by Crippen LogP contribution is -2.48. The number of carbonyl (C=O) groups excluding carboxylic acids is 4. The van der Waals surface area contributed by atoms with Crippen LogP contribution in [0, 0.1) is 29.1 Å². The van der Waals surface area contributed by atoms with E-state index >= 15 is 4.79 Å². The van der Waals surface area contributed by atoms with Crippen molar-refractivity contribution in [3.63, 3.8) is 0 Å². The number of ketones is 1. The third-order valence-electron chi connectivity index (χ3n) is 15.7. The Bertz CT molecular complexity index is 2400. The van der Waals surface area contributed by atoms with Crippen LogP contribution in [-0.4, -0.2) is 108 Å². The summed E-state index contributed by atoms with van der Waals surface area (Å²) < 4.78 is 79.5. The minimum atomic E-state index is -5.08. The van der Waals surface area contributed by atoms with Gasteiger partial charge < -0.3 is 29.5 Å². The van der Waals surface area contributed by atoms with E-state index < -0.39 is 62.2 Å². The van der Waals surface area contributed by atoms with Crippen molar-refractivity contribution < 1.29 is 64.9 Å². The molecule has 2 amide bonds. The SMILES string of the molecule is C=C[C@@H]1CC1(CC(=O)[C@@H]1C[C@@H]2CN1C(=O)[C@H](C1CCCCC1)CC(=O)O[C@@H]1C[C@H]1CCCCCc1c(nc3ccccc3c1OC1CCNCC1)O2)C(=O)NS(=O)(=O)C1(C)CC1.O=C(O)C(F)(F)F. The minimum Gasteiger partial charge on any atom is -0.489 e. The van der Waals surface area contributed by atoms with Gasteiger partial charge in [-0.25, -0.2) is 18.2 Å². The Morgan fingerprint density at radius 1 is 0.986 bits per heavy atom. The number of halogens is 3. The number of sulfonamides is 1. The van der Waals surface area contributed by atoms with Gasteiger partial charge in [0, 0.05) is 18.2 Å². The highest BCUT2D eigenvalue weighted by Gasteiger charge is 2.62. The van der Waals surface area contributed by atoms with Gasteiger partial charge in [-0.3, -0.25) is 23.9 Å². The maximum atomic E-state index is 15.2. The summed E-state index contributed by atoms with van der Waals surface area (Å²) in [5.74, 6) is -3.99. The highest BCUT2D eigenvalue weighted by atomic mass is 32.2. The molecule has 4 saturated carbocycles. The van der Waals surface area contributed by atoms with Gasteiger partial charge in [-0.05, 0) is 121 Å². The summed E-state index contributed by atoms with van der Waals surface area (Å²) in [6, 6.07) is 6.98. The number of Topliss-reactive ketones (excluding diaryl/α,β-unsaturated/α-hetero) is 1. The molecule has 2 bridgehead atoms. The number of amides is 2. The number of para-hydroxylation sites is 1. The minimum absolute atomic E-state index is 0.0282. The highest BCUT2D eigenvalue weighted by Crippen LogP contribution is 2.57.